The summed E-state index contributed by atoms with van der Waals surface area (Å²) < 4.78 is 16.3. The van der Waals surface area contributed by atoms with E-state index in [-0.39, 0.29) is 13.2 Å². The lowest BCUT2D eigenvalue weighted by Crippen LogP contribution is -2.01. The van der Waals surface area contributed by atoms with Gasteiger partial charge in [0.05, 0.1) is 26.5 Å². The lowest BCUT2D eigenvalue weighted by molar-refractivity contribution is 0.201. The maximum atomic E-state index is 8.91. The summed E-state index contributed by atoms with van der Waals surface area (Å²) in [4.78, 5) is 4.79. The highest BCUT2D eigenvalue weighted by atomic mass is 16.5. The molecule has 25 heavy (non-hydrogen) atoms. The molecular formula is C20H21NO4. The molecule has 0 saturated heterocycles. The number of rotatable bonds is 6. The number of fused-ring (bicyclic) bond motifs is 1. The second-order valence-corrected chi connectivity index (χ2v) is 5.65. The third-order valence-corrected chi connectivity index (χ3v) is 4.00. The summed E-state index contributed by atoms with van der Waals surface area (Å²) in [6.07, 6.45) is 0. The van der Waals surface area contributed by atoms with E-state index < -0.39 is 0 Å². The van der Waals surface area contributed by atoms with Gasteiger partial charge in [-0.25, -0.2) is 4.98 Å². The highest BCUT2D eigenvalue weighted by Gasteiger charge is 2.12. The van der Waals surface area contributed by atoms with Gasteiger partial charge in [0, 0.05) is 17.0 Å². The Labute approximate surface area is 146 Å². The van der Waals surface area contributed by atoms with Crippen molar-refractivity contribution >= 4 is 10.9 Å². The maximum absolute atomic E-state index is 8.91. The first kappa shape index (κ1) is 17.0. The number of methoxy groups -OCH3 is 2. The minimum atomic E-state index is -0.0173. The van der Waals surface area contributed by atoms with Crippen molar-refractivity contribution in [2.75, 3.05) is 27.4 Å². The van der Waals surface area contributed by atoms with E-state index in [1.807, 2.05) is 49.4 Å². The molecule has 0 amide bonds. The Morgan fingerprint density at radius 1 is 1.00 bits per heavy atom. The van der Waals surface area contributed by atoms with Crippen LogP contribution in [0.3, 0.4) is 0 Å². The number of pyridine rings is 1. The Hall–Kier alpha value is -2.79. The monoisotopic (exact) mass is 339 g/mol. The largest absolute Gasteiger partial charge is 0.497 e. The Morgan fingerprint density at radius 2 is 1.84 bits per heavy atom. The van der Waals surface area contributed by atoms with Gasteiger partial charge in [0.1, 0.15) is 29.4 Å². The first-order valence-electron chi connectivity index (χ1n) is 8.03. The molecule has 0 radical (unpaired) electrons. The first-order chi connectivity index (χ1) is 12.2. The minimum Gasteiger partial charge on any atom is -0.497 e. The van der Waals surface area contributed by atoms with Crippen molar-refractivity contribution in [3.8, 4) is 28.5 Å². The van der Waals surface area contributed by atoms with E-state index in [2.05, 4.69) is 0 Å². The molecule has 3 rings (SSSR count). The molecule has 1 heterocycles. The van der Waals surface area contributed by atoms with Crippen LogP contribution in [0.15, 0.2) is 42.5 Å². The van der Waals surface area contributed by atoms with Crippen molar-refractivity contribution in [2.45, 2.75) is 6.92 Å². The second kappa shape index (κ2) is 7.40. The summed E-state index contributed by atoms with van der Waals surface area (Å²) in [5.74, 6) is 2.11. The molecule has 0 unspecified atom stereocenters. The van der Waals surface area contributed by atoms with E-state index in [0.29, 0.717) is 11.5 Å². The predicted molar refractivity (Wildman–Crippen MR) is 97.6 cm³/mol. The van der Waals surface area contributed by atoms with Crippen molar-refractivity contribution in [3.05, 3.63) is 48.0 Å². The number of aromatic nitrogens is 1. The van der Waals surface area contributed by atoms with Gasteiger partial charge in [-0.15, -0.1) is 0 Å². The van der Waals surface area contributed by atoms with Crippen LogP contribution in [0.2, 0.25) is 0 Å². The molecule has 0 aliphatic carbocycles. The van der Waals surface area contributed by atoms with Crippen LogP contribution in [-0.2, 0) is 0 Å². The smallest absolute Gasteiger partial charge is 0.148 e. The van der Waals surface area contributed by atoms with E-state index in [9.17, 15) is 0 Å². The third kappa shape index (κ3) is 3.51. The predicted octanol–water partition coefficient (Wildman–Crippen LogP) is 3.60. The van der Waals surface area contributed by atoms with Gasteiger partial charge in [0.15, 0.2) is 0 Å². The summed E-state index contributed by atoms with van der Waals surface area (Å²) in [6.45, 7) is 2.29. The van der Waals surface area contributed by atoms with Crippen LogP contribution in [0, 0.1) is 6.92 Å². The highest BCUT2D eigenvalue weighted by molar-refractivity contribution is 5.91. The zero-order valence-corrected chi connectivity index (χ0v) is 14.6. The third-order valence-electron chi connectivity index (χ3n) is 4.00. The SMILES string of the molecule is COc1cc(OC)c2nc(-c3cccc(OCCO)c3)cc(C)c2c1. The zero-order chi connectivity index (χ0) is 17.8. The van der Waals surface area contributed by atoms with Gasteiger partial charge in [-0.3, -0.25) is 0 Å². The van der Waals surface area contributed by atoms with Crippen LogP contribution in [-0.4, -0.2) is 37.5 Å². The molecule has 5 heteroatoms. The highest BCUT2D eigenvalue weighted by Crippen LogP contribution is 2.34. The van der Waals surface area contributed by atoms with Gasteiger partial charge in [-0.05, 0) is 36.8 Å². The summed E-state index contributed by atoms with van der Waals surface area (Å²) >= 11 is 0. The number of hydrogen-bond acceptors (Lipinski definition) is 5. The number of aryl methyl sites for hydroxylation is 1. The van der Waals surface area contributed by atoms with E-state index >= 15 is 0 Å². The van der Waals surface area contributed by atoms with E-state index in [4.69, 9.17) is 24.3 Å². The summed E-state index contributed by atoms with van der Waals surface area (Å²) in [5, 5.41) is 9.90. The van der Waals surface area contributed by atoms with Gasteiger partial charge in [-0.1, -0.05) is 12.1 Å². The molecule has 0 fully saturated rings. The Balaban J connectivity index is 2.12. The molecule has 130 valence electrons. The molecule has 0 aliphatic heterocycles. The normalized spacial score (nSPS) is 10.7. The van der Waals surface area contributed by atoms with Crippen LogP contribution in [0.1, 0.15) is 5.56 Å². The number of hydrogen-bond donors (Lipinski definition) is 1. The van der Waals surface area contributed by atoms with Crippen LogP contribution in [0.25, 0.3) is 22.2 Å². The summed E-state index contributed by atoms with van der Waals surface area (Å²) in [5.41, 5.74) is 3.65. The Bertz CT molecular complexity index is 892. The van der Waals surface area contributed by atoms with Crippen molar-refractivity contribution < 1.29 is 19.3 Å². The van der Waals surface area contributed by atoms with Crippen molar-refractivity contribution in [3.63, 3.8) is 0 Å². The fraction of sp³-hybridized carbons (Fsp3) is 0.250. The van der Waals surface area contributed by atoms with Crippen molar-refractivity contribution in [2.24, 2.45) is 0 Å². The molecule has 0 atom stereocenters. The molecule has 5 nitrogen and oxygen atoms in total. The van der Waals surface area contributed by atoms with Gasteiger partial charge in [0.25, 0.3) is 0 Å². The average Bonchev–Trinajstić information content (AvgIpc) is 2.65. The van der Waals surface area contributed by atoms with Crippen molar-refractivity contribution in [1.82, 2.24) is 4.98 Å². The van der Waals surface area contributed by atoms with Gasteiger partial charge in [-0.2, -0.15) is 0 Å². The number of nitrogens with zero attached hydrogens (tertiary/aromatic N) is 1. The van der Waals surface area contributed by atoms with Crippen LogP contribution in [0.5, 0.6) is 17.2 Å². The number of aliphatic hydroxyl groups excluding tert-OH is 1. The van der Waals surface area contributed by atoms with Crippen LogP contribution in [0.4, 0.5) is 0 Å². The van der Waals surface area contributed by atoms with E-state index in [0.717, 1.165) is 33.5 Å². The summed E-state index contributed by atoms with van der Waals surface area (Å²) in [6, 6.07) is 13.5. The molecule has 0 saturated carbocycles. The van der Waals surface area contributed by atoms with Crippen molar-refractivity contribution in [1.29, 1.82) is 0 Å². The lowest BCUT2D eigenvalue weighted by Gasteiger charge is -2.12. The minimum absolute atomic E-state index is 0.0173. The Morgan fingerprint density at radius 3 is 2.56 bits per heavy atom. The molecular weight excluding hydrogens is 318 g/mol. The number of ether oxygens (including phenoxy) is 3. The maximum Gasteiger partial charge on any atom is 0.148 e. The lowest BCUT2D eigenvalue weighted by atomic mass is 10.0. The first-order valence-corrected chi connectivity index (χ1v) is 8.03. The van der Waals surface area contributed by atoms with Gasteiger partial charge >= 0.3 is 0 Å². The number of benzene rings is 2. The summed E-state index contributed by atoms with van der Waals surface area (Å²) in [7, 11) is 3.26. The molecule has 0 spiro atoms. The van der Waals surface area contributed by atoms with Crippen LogP contribution < -0.4 is 14.2 Å². The Kier molecular flexibility index (Phi) is 5.05. The molecule has 0 bridgehead atoms. The van der Waals surface area contributed by atoms with E-state index in [1.165, 1.54) is 0 Å². The van der Waals surface area contributed by atoms with Crippen LogP contribution >= 0.6 is 0 Å². The molecule has 0 aliphatic rings. The molecule has 3 aromatic rings. The molecule has 2 aromatic carbocycles. The fourth-order valence-corrected chi connectivity index (χ4v) is 2.76. The second-order valence-electron chi connectivity index (χ2n) is 5.65. The van der Waals surface area contributed by atoms with E-state index in [1.54, 1.807) is 14.2 Å². The van der Waals surface area contributed by atoms with Gasteiger partial charge in [0.2, 0.25) is 0 Å². The van der Waals surface area contributed by atoms with Gasteiger partial charge < -0.3 is 19.3 Å². The molecule has 1 aromatic heterocycles. The average molecular weight is 339 g/mol. The molecule has 1 N–H and O–H groups in total. The quantitative estimate of drug-likeness (QED) is 0.743. The standard InChI is InChI=1S/C20H21NO4/c1-13-9-18(14-5-4-6-15(10-14)25-8-7-22)21-20-17(13)11-16(23-2)12-19(20)24-3/h4-6,9-12,22H,7-8H2,1-3H3. The zero-order valence-electron chi connectivity index (χ0n) is 14.6. The number of aliphatic hydroxyl groups is 1. The fourth-order valence-electron chi connectivity index (χ4n) is 2.76. The topological polar surface area (TPSA) is 60.8 Å².